The smallest absolute Gasteiger partial charge is 0.246 e. The average Bonchev–Trinajstić information content (AvgIpc) is 2.92. The summed E-state index contributed by atoms with van der Waals surface area (Å²) >= 11 is 0. The predicted molar refractivity (Wildman–Crippen MR) is 70.2 cm³/mol. The van der Waals surface area contributed by atoms with Crippen molar-refractivity contribution in [2.24, 2.45) is 0 Å². The van der Waals surface area contributed by atoms with Crippen molar-refractivity contribution < 1.29 is 4.79 Å². The van der Waals surface area contributed by atoms with Crippen molar-refractivity contribution in [2.75, 3.05) is 20.1 Å². The standard InChI is InChI=1S/C13H22N4O/c1-11(17-9-5-8-15-17)13(18)16(2)10-12-6-3-4-7-14-12/h5,8-9,11-12,14H,3-4,6-7,10H2,1-2H3. The number of hydrogen-bond donors (Lipinski definition) is 1. The zero-order valence-electron chi connectivity index (χ0n) is 11.2. The summed E-state index contributed by atoms with van der Waals surface area (Å²) in [6.45, 7) is 3.74. The summed E-state index contributed by atoms with van der Waals surface area (Å²) in [4.78, 5) is 14.1. The van der Waals surface area contributed by atoms with E-state index >= 15 is 0 Å². The Morgan fingerprint density at radius 1 is 1.61 bits per heavy atom. The Bertz CT molecular complexity index is 370. The van der Waals surface area contributed by atoms with Gasteiger partial charge in [0.25, 0.3) is 0 Å². The van der Waals surface area contributed by atoms with Crippen LogP contribution in [0.5, 0.6) is 0 Å². The SMILES string of the molecule is CC(C(=O)N(C)CC1CCCCN1)n1cccn1. The third-order valence-corrected chi connectivity index (χ3v) is 3.56. The third-order valence-electron chi connectivity index (χ3n) is 3.56. The van der Waals surface area contributed by atoms with E-state index in [-0.39, 0.29) is 11.9 Å². The summed E-state index contributed by atoms with van der Waals surface area (Å²) in [5.74, 6) is 0.117. The van der Waals surface area contributed by atoms with Crippen molar-refractivity contribution in [1.29, 1.82) is 0 Å². The summed E-state index contributed by atoms with van der Waals surface area (Å²) < 4.78 is 1.70. The van der Waals surface area contributed by atoms with Crippen LogP contribution in [0.1, 0.15) is 32.2 Å². The van der Waals surface area contributed by atoms with E-state index in [4.69, 9.17) is 0 Å². The average molecular weight is 250 g/mol. The van der Waals surface area contributed by atoms with Gasteiger partial charge in [0.2, 0.25) is 5.91 Å². The normalized spacial score (nSPS) is 21.6. The molecule has 1 aromatic heterocycles. The summed E-state index contributed by atoms with van der Waals surface area (Å²) in [5, 5.41) is 7.58. The van der Waals surface area contributed by atoms with Crippen molar-refractivity contribution in [1.82, 2.24) is 20.0 Å². The second-order valence-corrected chi connectivity index (χ2v) is 5.03. The van der Waals surface area contributed by atoms with Gasteiger partial charge in [-0.25, -0.2) is 0 Å². The lowest BCUT2D eigenvalue weighted by Gasteiger charge is -2.29. The van der Waals surface area contributed by atoms with Gasteiger partial charge in [-0.3, -0.25) is 9.48 Å². The van der Waals surface area contributed by atoms with E-state index in [0.29, 0.717) is 6.04 Å². The number of nitrogens with zero attached hydrogens (tertiary/aromatic N) is 3. The Hall–Kier alpha value is -1.36. The Kier molecular flexibility index (Phi) is 4.36. The molecule has 0 saturated carbocycles. The molecule has 1 aliphatic heterocycles. The number of nitrogens with one attached hydrogen (secondary N) is 1. The highest BCUT2D eigenvalue weighted by molar-refractivity contribution is 5.79. The lowest BCUT2D eigenvalue weighted by molar-refractivity contribution is -0.133. The first kappa shape index (κ1) is 13.1. The molecule has 2 rings (SSSR count). The zero-order chi connectivity index (χ0) is 13.0. The maximum Gasteiger partial charge on any atom is 0.246 e. The Morgan fingerprint density at radius 2 is 2.44 bits per heavy atom. The second-order valence-electron chi connectivity index (χ2n) is 5.03. The van der Waals surface area contributed by atoms with E-state index in [2.05, 4.69) is 10.4 Å². The van der Waals surface area contributed by atoms with E-state index in [9.17, 15) is 4.79 Å². The Balaban J connectivity index is 1.87. The fraction of sp³-hybridized carbons (Fsp3) is 0.692. The largest absolute Gasteiger partial charge is 0.342 e. The molecule has 1 saturated heterocycles. The molecule has 100 valence electrons. The van der Waals surface area contributed by atoms with E-state index in [1.165, 1.54) is 12.8 Å². The Labute approximate surface area is 108 Å². The van der Waals surface area contributed by atoms with Crippen LogP contribution in [0, 0.1) is 0 Å². The third kappa shape index (κ3) is 3.10. The highest BCUT2D eigenvalue weighted by atomic mass is 16.2. The molecule has 1 amide bonds. The minimum Gasteiger partial charge on any atom is -0.342 e. The van der Waals surface area contributed by atoms with Crippen molar-refractivity contribution in [2.45, 2.75) is 38.3 Å². The van der Waals surface area contributed by atoms with Crippen molar-refractivity contribution in [3.05, 3.63) is 18.5 Å². The number of carbonyl (C=O) groups is 1. The predicted octanol–water partition coefficient (Wildman–Crippen LogP) is 1.04. The van der Waals surface area contributed by atoms with Gasteiger partial charge in [-0.1, -0.05) is 6.42 Å². The molecular weight excluding hydrogens is 228 g/mol. The first-order chi connectivity index (χ1) is 8.68. The van der Waals surface area contributed by atoms with Gasteiger partial charge in [0.05, 0.1) is 0 Å². The zero-order valence-corrected chi connectivity index (χ0v) is 11.2. The molecule has 1 aliphatic rings. The highest BCUT2D eigenvalue weighted by Gasteiger charge is 2.22. The second kappa shape index (κ2) is 6.00. The monoisotopic (exact) mass is 250 g/mol. The maximum absolute atomic E-state index is 12.3. The molecule has 2 unspecified atom stereocenters. The first-order valence-corrected chi connectivity index (χ1v) is 6.66. The number of piperidine rings is 1. The van der Waals surface area contributed by atoms with E-state index in [1.54, 1.807) is 10.9 Å². The van der Waals surface area contributed by atoms with Crippen LogP contribution in [0.15, 0.2) is 18.5 Å². The van der Waals surface area contributed by atoms with Gasteiger partial charge in [0.15, 0.2) is 0 Å². The van der Waals surface area contributed by atoms with Gasteiger partial charge in [-0.2, -0.15) is 5.10 Å². The van der Waals surface area contributed by atoms with Crippen LogP contribution < -0.4 is 5.32 Å². The molecule has 2 atom stereocenters. The van der Waals surface area contributed by atoms with Gasteiger partial charge in [-0.15, -0.1) is 0 Å². The molecule has 1 aromatic rings. The number of carbonyl (C=O) groups excluding carboxylic acids is 1. The van der Waals surface area contributed by atoms with Crippen LogP contribution >= 0.6 is 0 Å². The van der Waals surface area contributed by atoms with Crippen LogP contribution in [0.25, 0.3) is 0 Å². The minimum absolute atomic E-state index is 0.117. The lowest BCUT2D eigenvalue weighted by atomic mass is 10.0. The molecule has 5 heteroatoms. The summed E-state index contributed by atoms with van der Waals surface area (Å²) in [6.07, 6.45) is 7.20. The number of hydrogen-bond acceptors (Lipinski definition) is 3. The molecule has 1 N–H and O–H groups in total. The molecule has 0 bridgehead atoms. The molecule has 1 fully saturated rings. The van der Waals surface area contributed by atoms with Crippen LogP contribution in [-0.2, 0) is 4.79 Å². The molecule has 0 aromatic carbocycles. The van der Waals surface area contributed by atoms with Gasteiger partial charge in [-0.05, 0) is 32.4 Å². The minimum atomic E-state index is -0.228. The van der Waals surface area contributed by atoms with Crippen LogP contribution in [0.2, 0.25) is 0 Å². The van der Waals surface area contributed by atoms with Gasteiger partial charge < -0.3 is 10.2 Å². The molecule has 0 radical (unpaired) electrons. The van der Waals surface area contributed by atoms with Gasteiger partial charge >= 0.3 is 0 Å². The molecule has 0 spiro atoms. The Morgan fingerprint density at radius 3 is 3.06 bits per heavy atom. The molecule has 0 aliphatic carbocycles. The highest BCUT2D eigenvalue weighted by Crippen LogP contribution is 2.11. The number of likely N-dealkylation sites (N-methyl/N-ethyl adjacent to an activating group) is 1. The number of aromatic nitrogens is 2. The van der Waals surface area contributed by atoms with Gasteiger partial charge in [0.1, 0.15) is 6.04 Å². The fourth-order valence-electron chi connectivity index (χ4n) is 2.44. The number of rotatable bonds is 4. The molecular formula is C13H22N4O. The maximum atomic E-state index is 12.3. The summed E-state index contributed by atoms with van der Waals surface area (Å²) in [5.41, 5.74) is 0. The molecule has 18 heavy (non-hydrogen) atoms. The van der Waals surface area contributed by atoms with Crippen LogP contribution in [0.4, 0.5) is 0 Å². The fourth-order valence-corrected chi connectivity index (χ4v) is 2.44. The first-order valence-electron chi connectivity index (χ1n) is 6.66. The van der Waals surface area contributed by atoms with Crippen molar-refractivity contribution in [3.8, 4) is 0 Å². The quantitative estimate of drug-likeness (QED) is 0.869. The van der Waals surface area contributed by atoms with Crippen LogP contribution in [-0.4, -0.2) is 46.8 Å². The number of amides is 1. The van der Waals surface area contributed by atoms with Crippen molar-refractivity contribution >= 4 is 5.91 Å². The molecule has 2 heterocycles. The van der Waals surface area contributed by atoms with E-state index < -0.39 is 0 Å². The van der Waals surface area contributed by atoms with Crippen molar-refractivity contribution in [3.63, 3.8) is 0 Å². The summed E-state index contributed by atoms with van der Waals surface area (Å²) in [7, 11) is 1.87. The van der Waals surface area contributed by atoms with E-state index in [1.807, 2.05) is 31.1 Å². The van der Waals surface area contributed by atoms with Gasteiger partial charge in [0, 0.05) is 32.0 Å². The topological polar surface area (TPSA) is 50.2 Å². The molecule has 5 nitrogen and oxygen atoms in total. The van der Waals surface area contributed by atoms with Crippen LogP contribution in [0.3, 0.4) is 0 Å². The summed E-state index contributed by atoms with van der Waals surface area (Å²) in [6, 6.07) is 2.05. The lowest BCUT2D eigenvalue weighted by Crippen LogP contribution is -2.45. The van der Waals surface area contributed by atoms with E-state index in [0.717, 1.165) is 19.5 Å².